The van der Waals surface area contributed by atoms with Crippen LogP contribution in [-0.4, -0.2) is 134 Å². The summed E-state index contributed by atoms with van der Waals surface area (Å²) in [4.78, 5) is 48.0. The SMILES string of the molecule is COc1ccc(-c2cc(NC(=O)CCCCN3CCCN(C(C)=O)CC3)n[nH]2)cc1.O=C[C@@H](O)[C@@H](O)[C@@H](O)[C@H](O)C(=O)O. The van der Waals surface area contributed by atoms with E-state index in [1.165, 1.54) is 0 Å². The predicted molar refractivity (Wildman–Crippen MR) is 154 cm³/mol. The number of hydrogen-bond acceptors (Lipinski definition) is 11. The van der Waals surface area contributed by atoms with E-state index in [0.717, 1.165) is 69.0 Å². The number of unbranched alkanes of at least 4 members (excludes halogenated alkanes) is 1. The minimum atomic E-state index is -2.25. The smallest absolute Gasteiger partial charge is 0.335 e. The molecule has 2 aromatic rings. The Balaban J connectivity index is 0.000000420. The standard InChI is InChI=1S/C22H31N5O3.C6H10O7/c1-17(28)27-13-5-12-26(14-15-27)11-4-3-6-22(29)23-21-16-20(24-25-21)18-7-9-19(30-2)10-8-18;7-1-2(8)3(9)4(10)5(11)6(12)13/h7-10,16H,3-6,11-15H2,1-2H3,(H2,23,24,25,29);1-5,8-11H,(H,12,13)/t;2-,3-,4-,5+/m.1/s1. The molecule has 0 spiro atoms. The van der Waals surface area contributed by atoms with E-state index in [-0.39, 0.29) is 18.1 Å². The molecule has 1 aliphatic rings. The quantitative estimate of drug-likeness (QED) is 0.113. The van der Waals surface area contributed by atoms with Gasteiger partial charge in [-0.2, -0.15) is 5.10 Å². The lowest BCUT2D eigenvalue weighted by molar-refractivity contribution is -0.163. The molecule has 238 valence electrons. The fourth-order valence-corrected chi connectivity index (χ4v) is 4.26. The van der Waals surface area contributed by atoms with Gasteiger partial charge >= 0.3 is 5.97 Å². The van der Waals surface area contributed by atoms with E-state index in [0.29, 0.717) is 12.2 Å². The van der Waals surface area contributed by atoms with Crippen LogP contribution in [0.4, 0.5) is 5.82 Å². The number of amides is 2. The largest absolute Gasteiger partial charge is 0.497 e. The van der Waals surface area contributed by atoms with Crippen molar-refractivity contribution < 1.29 is 49.4 Å². The number of ether oxygens (including phenoxy) is 1. The van der Waals surface area contributed by atoms with Crippen LogP contribution in [-0.2, 0) is 19.2 Å². The molecular formula is C28H41N5O10. The molecule has 0 radical (unpaired) electrons. The molecule has 1 aromatic heterocycles. The number of H-pyrrole nitrogens is 1. The van der Waals surface area contributed by atoms with Gasteiger partial charge in [0.2, 0.25) is 11.8 Å². The van der Waals surface area contributed by atoms with Gasteiger partial charge in [-0.1, -0.05) is 0 Å². The summed E-state index contributed by atoms with van der Waals surface area (Å²) in [5, 5.41) is 53.2. The number of carboxylic acid groups (broad SMARTS) is 1. The molecule has 2 amide bonds. The van der Waals surface area contributed by atoms with Crippen LogP contribution in [0, 0.1) is 0 Å². The lowest BCUT2D eigenvalue weighted by Gasteiger charge is -2.21. The average Bonchev–Trinajstić information content (AvgIpc) is 3.33. The van der Waals surface area contributed by atoms with Gasteiger partial charge in [-0.15, -0.1) is 0 Å². The fraction of sp³-hybridized carbons (Fsp3) is 0.536. The van der Waals surface area contributed by atoms with Crippen molar-refractivity contribution in [3.05, 3.63) is 30.3 Å². The molecular weight excluding hydrogens is 566 g/mol. The van der Waals surface area contributed by atoms with Gasteiger partial charge in [-0.3, -0.25) is 14.7 Å². The molecule has 1 aliphatic heterocycles. The van der Waals surface area contributed by atoms with E-state index in [1.807, 2.05) is 35.2 Å². The maximum absolute atomic E-state index is 12.2. The highest BCUT2D eigenvalue weighted by Gasteiger charge is 2.34. The van der Waals surface area contributed by atoms with E-state index in [1.54, 1.807) is 14.0 Å². The molecule has 15 heteroatoms. The molecule has 1 fully saturated rings. The van der Waals surface area contributed by atoms with Gasteiger partial charge < -0.3 is 50.2 Å². The molecule has 15 nitrogen and oxygen atoms in total. The normalized spacial score (nSPS) is 16.5. The molecule has 0 bridgehead atoms. The summed E-state index contributed by atoms with van der Waals surface area (Å²) in [5.41, 5.74) is 1.82. The highest BCUT2D eigenvalue weighted by Crippen LogP contribution is 2.22. The van der Waals surface area contributed by atoms with Gasteiger partial charge in [-0.05, 0) is 62.2 Å². The van der Waals surface area contributed by atoms with Crippen LogP contribution in [0.1, 0.15) is 32.6 Å². The van der Waals surface area contributed by atoms with Crippen LogP contribution < -0.4 is 10.1 Å². The molecule has 3 rings (SSSR count). The first-order chi connectivity index (χ1) is 20.5. The minimum absolute atomic E-state index is 0.0265. The van der Waals surface area contributed by atoms with E-state index >= 15 is 0 Å². The third-order valence-electron chi connectivity index (χ3n) is 6.82. The number of aromatic amines is 1. The number of aliphatic hydroxyl groups excluding tert-OH is 4. The molecule has 4 atom stereocenters. The van der Waals surface area contributed by atoms with Crippen molar-refractivity contribution in [3.63, 3.8) is 0 Å². The van der Waals surface area contributed by atoms with Crippen molar-refractivity contribution in [2.24, 2.45) is 0 Å². The molecule has 0 unspecified atom stereocenters. The first kappa shape index (κ1) is 35.3. The minimum Gasteiger partial charge on any atom is -0.497 e. The van der Waals surface area contributed by atoms with Gasteiger partial charge in [0, 0.05) is 39.0 Å². The number of aromatic nitrogens is 2. The summed E-state index contributed by atoms with van der Waals surface area (Å²) >= 11 is 0. The van der Waals surface area contributed by atoms with E-state index in [4.69, 9.17) is 30.3 Å². The predicted octanol–water partition coefficient (Wildman–Crippen LogP) is -0.538. The Morgan fingerprint density at radius 1 is 1.05 bits per heavy atom. The summed E-state index contributed by atoms with van der Waals surface area (Å²) < 4.78 is 5.17. The maximum atomic E-state index is 12.2. The average molecular weight is 608 g/mol. The van der Waals surface area contributed by atoms with Gasteiger partial charge in [0.05, 0.1) is 12.8 Å². The first-order valence-corrected chi connectivity index (χ1v) is 13.8. The van der Waals surface area contributed by atoms with Crippen molar-refractivity contribution >= 4 is 29.9 Å². The Morgan fingerprint density at radius 2 is 1.74 bits per heavy atom. The second kappa shape index (κ2) is 17.9. The Hall–Kier alpha value is -3.89. The second-order valence-corrected chi connectivity index (χ2v) is 9.99. The van der Waals surface area contributed by atoms with Gasteiger partial charge in [0.15, 0.2) is 18.2 Å². The number of carboxylic acids is 1. The molecule has 2 heterocycles. The van der Waals surface area contributed by atoms with Crippen molar-refractivity contribution in [3.8, 4) is 17.0 Å². The number of rotatable bonds is 13. The third kappa shape index (κ3) is 11.7. The van der Waals surface area contributed by atoms with Crippen molar-refractivity contribution in [1.29, 1.82) is 0 Å². The number of benzene rings is 1. The lowest BCUT2D eigenvalue weighted by Crippen LogP contribution is -2.48. The third-order valence-corrected chi connectivity index (χ3v) is 6.82. The number of aliphatic hydroxyl groups is 4. The number of carbonyl (C=O) groups excluding carboxylic acids is 3. The summed E-state index contributed by atoms with van der Waals surface area (Å²) in [7, 11) is 1.63. The first-order valence-electron chi connectivity index (χ1n) is 13.8. The Morgan fingerprint density at radius 3 is 2.35 bits per heavy atom. The topological polar surface area (TPSA) is 226 Å². The summed E-state index contributed by atoms with van der Waals surface area (Å²) in [6.07, 6.45) is -5.12. The highest BCUT2D eigenvalue weighted by atomic mass is 16.5. The van der Waals surface area contributed by atoms with E-state index in [2.05, 4.69) is 20.4 Å². The fourth-order valence-electron chi connectivity index (χ4n) is 4.26. The number of carbonyl (C=O) groups is 4. The molecule has 0 saturated carbocycles. The van der Waals surface area contributed by atoms with Crippen LogP contribution in [0.3, 0.4) is 0 Å². The number of hydrogen-bond donors (Lipinski definition) is 7. The molecule has 7 N–H and O–H groups in total. The van der Waals surface area contributed by atoms with Crippen molar-refractivity contribution in [2.75, 3.05) is 45.2 Å². The molecule has 1 aromatic carbocycles. The van der Waals surface area contributed by atoms with Crippen molar-refractivity contribution in [1.82, 2.24) is 20.0 Å². The van der Waals surface area contributed by atoms with Crippen LogP contribution in [0.25, 0.3) is 11.3 Å². The molecule has 0 aliphatic carbocycles. The second-order valence-electron chi connectivity index (χ2n) is 9.99. The zero-order chi connectivity index (χ0) is 31.9. The van der Waals surface area contributed by atoms with Crippen LogP contribution in [0.2, 0.25) is 0 Å². The highest BCUT2D eigenvalue weighted by molar-refractivity contribution is 5.90. The van der Waals surface area contributed by atoms with Crippen LogP contribution >= 0.6 is 0 Å². The molecule has 43 heavy (non-hydrogen) atoms. The monoisotopic (exact) mass is 607 g/mol. The summed E-state index contributed by atoms with van der Waals surface area (Å²) in [5.74, 6) is -0.307. The summed E-state index contributed by atoms with van der Waals surface area (Å²) in [6, 6.07) is 9.48. The summed E-state index contributed by atoms with van der Waals surface area (Å²) in [6.45, 7) is 6.16. The van der Waals surface area contributed by atoms with Gasteiger partial charge in [0.25, 0.3) is 0 Å². The number of aldehydes is 1. The number of aliphatic carboxylic acids is 1. The number of nitrogens with zero attached hydrogens (tertiary/aromatic N) is 3. The Kier molecular flexibility index (Phi) is 14.7. The molecule has 1 saturated heterocycles. The Labute approximate surface area is 249 Å². The van der Waals surface area contributed by atoms with Gasteiger partial charge in [0.1, 0.15) is 24.1 Å². The number of nitrogens with one attached hydrogen (secondary N) is 2. The Bertz CT molecular complexity index is 1170. The van der Waals surface area contributed by atoms with E-state index in [9.17, 15) is 19.2 Å². The lowest BCUT2D eigenvalue weighted by atomic mass is 10.0. The van der Waals surface area contributed by atoms with Crippen LogP contribution in [0.5, 0.6) is 5.75 Å². The zero-order valence-electron chi connectivity index (χ0n) is 24.3. The zero-order valence-corrected chi connectivity index (χ0v) is 24.3. The number of methoxy groups -OCH3 is 1. The van der Waals surface area contributed by atoms with Crippen molar-refractivity contribution in [2.45, 2.75) is 57.0 Å². The van der Waals surface area contributed by atoms with E-state index < -0.39 is 30.4 Å². The van der Waals surface area contributed by atoms with Crippen LogP contribution in [0.15, 0.2) is 30.3 Å². The number of anilines is 1. The van der Waals surface area contributed by atoms with Gasteiger partial charge in [-0.25, -0.2) is 4.79 Å². The maximum Gasteiger partial charge on any atom is 0.335 e.